The highest BCUT2D eigenvalue weighted by molar-refractivity contribution is 5.66. The zero-order valence-corrected chi connectivity index (χ0v) is 22.3. The summed E-state index contributed by atoms with van der Waals surface area (Å²) in [6.07, 6.45) is 10.7. The van der Waals surface area contributed by atoms with Crippen molar-refractivity contribution in [2.24, 2.45) is 34.5 Å². The third-order valence-corrected chi connectivity index (χ3v) is 12.0. The van der Waals surface area contributed by atoms with Crippen LogP contribution in [0, 0.1) is 34.5 Å². The fourth-order valence-electron chi connectivity index (χ4n) is 10.3. The van der Waals surface area contributed by atoms with Crippen LogP contribution in [0.25, 0.3) is 0 Å². The summed E-state index contributed by atoms with van der Waals surface area (Å²) >= 11 is 0. The Kier molecular flexibility index (Phi) is 6.51. The first kappa shape index (κ1) is 24.6. The monoisotopic (exact) mass is 488 g/mol. The Morgan fingerprint density at radius 3 is 2.34 bits per heavy atom. The SMILES string of the molecule is CC(=O)O[C@H]1[C@@H](N2CCCC2)CC2C3CCC4CC(O)[C@@H](N5CCOCC5)C[C@]4(C)C3CC[C@@]21C. The van der Waals surface area contributed by atoms with Gasteiger partial charge in [-0.1, -0.05) is 13.8 Å². The number of morpholine rings is 1. The number of likely N-dealkylation sites (tertiary alicyclic amines) is 1. The minimum atomic E-state index is -0.198. The predicted octanol–water partition coefficient (Wildman–Crippen LogP) is 3.71. The Labute approximate surface area is 212 Å². The van der Waals surface area contributed by atoms with E-state index < -0.39 is 0 Å². The van der Waals surface area contributed by atoms with E-state index in [1.807, 2.05) is 0 Å². The first-order valence-corrected chi connectivity index (χ1v) is 14.7. The molecule has 1 N–H and O–H groups in total. The van der Waals surface area contributed by atoms with E-state index in [0.717, 1.165) is 64.1 Å². The van der Waals surface area contributed by atoms with Gasteiger partial charge in [-0.25, -0.2) is 0 Å². The van der Waals surface area contributed by atoms with E-state index in [0.29, 0.717) is 23.3 Å². The van der Waals surface area contributed by atoms with Gasteiger partial charge in [-0.05, 0) is 100.0 Å². The molecule has 4 saturated carbocycles. The van der Waals surface area contributed by atoms with Crippen molar-refractivity contribution in [3.05, 3.63) is 0 Å². The highest BCUT2D eigenvalue weighted by Gasteiger charge is 2.65. The van der Waals surface area contributed by atoms with Crippen LogP contribution in [-0.4, -0.2) is 84.6 Å². The molecule has 0 amide bonds. The van der Waals surface area contributed by atoms with Gasteiger partial charge in [0.15, 0.2) is 0 Å². The number of aliphatic hydroxyl groups is 1. The van der Waals surface area contributed by atoms with Gasteiger partial charge >= 0.3 is 5.97 Å². The maximum absolute atomic E-state index is 12.2. The molecule has 6 aliphatic rings. The van der Waals surface area contributed by atoms with E-state index in [9.17, 15) is 9.90 Å². The average molecular weight is 489 g/mol. The lowest BCUT2D eigenvalue weighted by Crippen LogP contribution is -2.61. The molecule has 35 heavy (non-hydrogen) atoms. The van der Waals surface area contributed by atoms with E-state index in [1.54, 1.807) is 6.92 Å². The van der Waals surface area contributed by atoms with E-state index >= 15 is 0 Å². The minimum absolute atomic E-state index is 0.0452. The van der Waals surface area contributed by atoms with Crippen molar-refractivity contribution in [2.75, 3.05) is 39.4 Å². The first-order valence-electron chi connectivity index (χ1n) is 14.7. The van der Waals surface area contributed by atoms with Gasteiger partial charge in [0.2, 0.25) is 0 Å². The van der Waals surface area contributed by atoms with Crippen molar-refractivity contribution < 1.29 is 19.4 Å². The van der Waals surface area contributed by atoms with Crippen LogP contribution in [0.2, 0.25) is 0 Å². The third kappa shape index (κ3) is 4.00. The van der Waals surface area contributed by atoms with Crippen LogP contribution >= 0.6 is 0 Å². The number of nitrogens with zero attached hydrogens (tertiary/aromatic N) is 2. The van der Waals surface area contributed by atoms with Crippen molar-refractivity contribution in [2.45, 2.75) is 103 Å². The summed E-state index contributed by atoms with van der Waals surface area (Å²) in [6.45, 7) is 12.5. The standard InChI is InChI=1S/C29H48N2O4/c1-19(32)35-27-24(30-10-4-5-11-30)17-23-21-7-6-20-16-26(33)25(31-12-14-34-15-13-31)18-29(20,3)22(21)8-9-28(23,27)2/h20-27,33H,4-18H2,1-3H3/t20?,21?,22?,23?,24-,25-,26?,27-,28-,29-/m0/s1. The molecule has 2 heterocycles. The molecule has 6 heteroatoms. The maximum atomic E-state index is 12.2. The molecule has 0 aromatic heterocycles. The summed E-state index contributed by atoms with van der Waals surface area (Å²) in [5.41, 5.74) is 0.399. The van der Waals surface area contributed by atoms with Crippen molar-refractivity contribution >= 4 is 5.97 Å². The summed E-state index contributed by atoms with van der Waals surface area (Å²) in [5.74, 6) is 2.63. The molecule has 0 aromatic carbocycles. The number of hydrogen-bond acceptors (Lipinski definition) is 6. The average Bonchev–Trinajstić information content (AvgIpc) is 3.46. The van der Waals surface area contributed by atoms with Crippen LogP contribution < -0.4 is 0 Å². The van der Waals surface area contributed by atoms with Crippen LogP contribution in [0.5, 0.6) is 0 Å². The molecular weight excluding hydrogens is 440 g/mol. The molecule has 4 aliphatic carbocycles. The van der Waals surface area contributed by atoms with Crippen LogP contribution in [-0.2, 0) is 14.3 Å². The Bertz CT molecular complexity index is 796. The smallest absolute Gasteiger partial charge is 0.302 e. The highest BCUT2D eigenvalue weighted by atomic mass is 16.5. The van der Waals surface area contributed by atoms with E-state index in [2.05, 4.69) is 23.6 Å². The predicted molar refractivity (Wildman–Crippen MR) is 135 cm³/mol. The summed E-state index contributed by atoms with van der Waals surface area (Å²) in [4.78, 5) is 17.4. The summed E-state index contributed by atoms with van der Waals surface area (Å²) in [6, 6.07) is 0.678. The Morgan fingerprint density at radius 2 is 1.63 bits per heavy atom. The number of ether oxygens (including phenoxy) is 2. The van der Waals surface area contributed by atoms with Crippen LogP contribution in [0.1, 0.15) is 78.6 Å². The molecule has 2 saturated heterocycles. The van der Waals surface area contributed by atoms with Crippen molar-refractivity contribution in [1.29, 1.82) is 0 Å². The third-order valence-electron chi connectivity index (χ3n) is 12.0. The molecule has 6 rings (SSSR count). The molecular formula is C29H48N2O4. The zero-order valence-electron chi connectivity index (χ0n) is 22.3. The van der Waals surface area contributed by atoms with Crippen molar-refractivity contribution in [3.8, 4) is 0 Å². The topological polar surface area (TPSA) is 62.2 Å². The minimum Gasteiger partial charge on any atom is -0.460 e. The second-order valence-electron chi connectivity index (χ2n) is 13.5. The number of rotatable bonds is 3. The molecule has 6 nitrogen and oxygen atoms in total. The summed E-state index contributed by atoms with van der Waals surface area (Å²) < 4.78 is 11.8. The molecule has 0 spiro atoms. The number of fused-ring (bicyclic) bond motifs is 5. The molecule has 6 fully saturated rings. The van der Waals surface area contributed by atoms with Crippen LogP contribution in [0.3, 0.4) is 0 Å². The van der Waals surface area contributed by atoms with Gasteiger partial charge in [-0.15, -0.1) is 0 Å². The summed E-state index contributed by atoms with van der Waals surface area (Å²) in [7, 11) is 0. The molecule has 10 atom stereocenters. The second kappa shape index (κ2) is 9.25. The fourth-order valence-corrected chi connectivity index (χ4v) is 10.3. The molecule has 0 radical (unpaired) electrons. The Balaban J connectivity index is 1.27. The zero-order chi connectivity index (χ0) is 24.4. The molecule has 0 aromatic rings. The number of esters is 1. The lowest BCUT2D eigenvalue weighted by Gasteiger charge is -2.62. The molecule has 5 unspecified atom stereocenters. The van der Waals surface area contributed by atoms with E-state index in [4.69, 9.17) is 9.47 Å². The summed E-state index contributed by atoms with van der Waals surface area (Å²) in [5, 5.41) is 11.2. The Hall–Kier alpha value is -0.690. The lowest BCUT2D eigenvalue weighted by atomic mass is 9.44. The number of hydrogen-bond donors (Lipinski definition) is 1. The van der Waals surface area contributed by atoms with Gasteiger partial charge in [0.05, 0.1) is 19.3 Å². The first-order chi connectivity index (χ1) is 16.8. The van der Waals surface area contributed by atoms with Gasteiger partial charge in [0, 0.05) is 37.5 Å². The maximum Gasteiger partial charge on any atom is 0.302 e. The Morgan fingerprint density at radius 1 is 0.914 bits per heavy atom. The lowest BCUT2D eigenvalue weighted by molar-refractivity contribution is -0.172. The van der Waals surface area contributed by atoms with Crippen molar-refractivity contribution in [3.63, 3.8) is 0 Å². The highest BCUT2D eigenvalue weighted by Crippen LogP contribution is 2.67. The molecule has 0 bridgehead atoms. The van der Waals surface area contributed by atoms with Crippen LogP contribution in [0.4, 0.5) is 0 Å². The van der Waals surface area contributed by atoms with Gasteiger partial charge in [0.1, 0.15) is 6.10 Å². The fraction of sp³-hybridized carbons (Fsp3) is 0.966. The van der Waals surface area contributed by atoms with Crippen molar-refractivity contribution in [1.82, 2.24) is 9.80 Å². The largest absolute Gasteiger partial charge is 0.460 e. The van der Waals surface area contributed by atoms with E-state index in [1.165, 1.54) is 44.9 Å². The number of carbonyl (C=O) groups excluding carboxylic acids is 1. The van der Waals surface area contributed by atoms with Gasteiger partial charge in [0.25, 0.3) is 0 Å². The van der Waals surface area contributed by atoms with Gasteiger partial charge in [-0.2, -0.15) is 0 Å². The van der Waals surface area contributed by atoms with Gasteiger partial charge in [-0.3, -0.25) is 14.6 Å². The molecule has 2 aliphatic heterocycles. The normalized spacial score (nSPS) is 50.9. The van der Waals surface area contributed by atoms with E-state index in [-0.39, 0.29) is 29.6 Å². The van der Waals surface area contributed by atoms with Crippen LogP contribution in [0.15, 0.2) is 0 Å². The molecule has 198 valence electrons. The second-order valence-corrected chi connectivity index (χ2v) is 13.5. The van der Waals surface area contributed by atoms with Gasteiger partial charge < -0.3 is 14.6 Å². The quantitative estimate of drug-likeness (QED) is 0.611. The number of aliphatic hydroxyl groups excluding tert-OH is 1. The number of carbonyl (C=O) groups is 1.